The minimum Gasteiger partial charge on any atom is -0.486 e. The van der Waals surface area contributed by atoms with Gasteiger partial charge >= 0.3 is 12.1 Å². The van der Waals surface area contributed by atoms with E-state index >= 15 is 0 Å². The van der Waals surface area contributed by atoms with Crippen LogP contribution in [0.3, 0.4) is 0 Å². The van der Waals surface area contributed by atoms with Crippen LogP contribution in [-0.4, -0.2) is 28.2 Å². The van der Waals surface area contributed by atoms with Gasteiger partial charge in [0, 0.05) is 25.1 Å². The largest absolute Gasteiger partial charge is 0.486 e. The number of carboxylic acid groups (broad SMARTS) is 1. The smallest absolute Gasteiger partial charge is 0.416 e. The van der Waals surface area contributed by atoms with Crippen molar-refractivity contribution in [2.75, 3.05) is 7.05 Å². The minimum absolute atomic E-state index is 0.0732. The molecular formula is C31H28F4N2O4. The molecule has 0 radical (unpaired) electrons. The monoisotopic (exact) mass is 568 g/mol. The first-order chi connectivity index (χ1) is 19.6. The van der Waals surface area contributed by atoms with Gasteiger partial charge in [0.1, 0.15) is 23.9 Å². The Labute approximate surface area is 234 Å². The molecule has 6 nitrogen and oxygen atoms in total. The first-order valence-corrected chi connectivity index (χ1v) is 13.1. The van der Waals surface area contributed by atoms with Crippen LogP contribution in [0.15, 0.2) is 77.5 Å². The highest BCUT2D eigenvalue weighted by molar-refractivity contribution is 5.69. The summed E-state index contributed by atoms with van der Waals surface area (Å²) >= 11 is 0. The molecule has 0 amide bonds. The number of halogens is 4. The molecule has 214 valence electrons. The molecule has 1 aliphatic rings. The van der Waals surface area contributed by atoms with Crippen molar-refractivity contribution in [2.24, 2.45) is 0 Å². The van der Waals surface area contributed by atoms with Gasteiger partial charge in [0.25, 0.3) is 0 Å². The Bertz CT molecular complexity index is 1490. The highest BCUT2D eigenvalue weighted by atomic mass is 19.4. The lowest BCUT2D eigenvalue weighted by molar-refractivity contribution is -0.139. The maximum absolute atomic E-state index is 14.0. The molecule has 3 aromatic carbocycles. The van der Waals surface area contributed by atoms with Crippen LogP contribution >= 0.6 is 0 Å². The van der Waals surface area contributed by atoms with E-state index < -0.39 is 29.7 Å². The molecule has 1 N–H and O–H groups in total. The summed E-state index contributed by atoms with van der Waals surface area (Å²) in [6.07, 6.45) is -2.75. The lowest BCUT2D eigenvalue weighted by Gasteiger charge is -2.23. The summed E-state index contributed by atoms with van der Waals surface area (Å²) in [4.78, 5) is 13.2. The highest BCUT2D eigenvalue weighted by Gasteiger charge is 2.37. The average molecular weight is 569 g/mol. The summed E-state index contributed by atoms with van der Waals surface area (Å²) in [5.74, 6) is -1.32. The van der Waals surface area contributed by atoms with E-state index in [1.54, 1.807) is 54.4 Å². The molecule has 5 rings (SSSR count). The van der Waals surface area contributed by atoms with E-state index in [0.717, 1.165) is 22.8 Å². The molecule has 0 aliphatic heterocycles. The lowest BCUT2D eigenvalue weighted by atomic mass is 9.92. The van der Waals surface area contributed by atoms with Crippen molar-refractivity contribution in [3.05, 3.63) is 118 Å². The van der Waals surface area contributed by atoms with Crippen LogP contribution in [0.5, 0.6) is 5.75 Å². The number of fused-ring (bicyclic) bond motifs is 1. The van der Waals surface area contributed by atoms with Crippen molar-refractivity contribution in [1.29, 1.82) is 0 Å². The number of aromatic nitrogens is 1. The Morgan fingerprint density at radius 2 is 1.80 bits per heavy atom. The quantitative estimate of drug-likeness (QED) is 0.205. The predicted octanol–water partition coefficient (Wildman–Crippen LogP) is 7.14. The first-order valence-electron chi connectivity index (χ1n) is 13.1. The Balaban J connectivity index is 1.36. The average Bonchev–Trinajstić information content (AvgIpc) is 3.60. The summed E-state index contributed by atoms with van der Waals surface area (Å²) in [5, 5.41) is 13.2. The van der Waals surface area contributed by atoms with Gasteiger partial charge in [-0.1, -0.05) is 35.5 Å². The van der Waals surface area contributed by atoms with Crippen LogP contribution in [0.1, 0.15) is 63.9 Å². The number of carbonyl (C=O) groups is 1. The summed E-state index contributed by atoms with van der Waals surface area (Å²) in [7, 11) is 1.74. The van der Waals surface area contributed by atoms with Gasteiger partial charge in [0.2, 0.25) is 0 Å². The fourth-order valence-corrected chi connectivity index (χ4v) is 5.45. The van der Waals surface area contributed by atoms with Gasteiger partial charge in [-0.25, -0.2) is 4.39 Å². The van der Waals surface area contributed by atoms with E-state index in [2.05, 4.69) is 5.16 Å². The number of ether oxygens (including phenoxy) is 1. The number of aliphatic carboxylic acids is 1. The van der Waals surface area contributed by atoms with Crippen LogP contribution in [0, 0.1) is 5.82 Å². The number of hydrogen-bond acceptors (Lipinski definition) is 5. The molecule has 1 aromatic heterocycles. The molecule has 0 spiro atoms. The van der Waals surface area contributed by atoms with Crippen LogP contribution in [-0.2, 0) is 30.5 Å². The van der Waals surface area contributed by atoms with Crippen LogP contribution in [0.25, 0.3) is 0 Å². The zero-order valence-corrected chi connectivity index (χ0v) is 22.2. The molecule has 0 saturated heterocycles. The third-order valence-electron chi connectivity index (χ3n) is 7.32. The lowest BCUT2D eigenvalue weighted by Crippen LogP contribution is -2.22. The van der Waals surface area contributed by atoms with E-state index in [9.17, 15) is 27.5 Å². The fourth-order valence-electron chi connectivity index (χ4n) is 5.45. The fraction of sp³-hybridized carbons (Fsp3) is 0.290. The van der Waals surface area contributed by atoms with Gasteiger partial charge in [-0.2, -0.15) is 13.2 Å². The van der Waals surface area contributed by atoms with Gasteiger partial charge in [-0.15, -0.1) is 0 Å². The second kappa shape index (κ2) is 11.7. The molecule has 0 saturated carbocycles. The molecule has 0 bridgehead atoms. The van der Waals surface area contributed by atoms with Gasteiger partial charge in [0.05, 0.1) is 17.7 Å². The standard InChI is InChI=1S/C31H28F4N2O4/c1-37(17-19-2-6-21(32)7-3-19)18-26-23-11-13-29(24(23)10-12-27(26)31(33,34)35)41-22-8-4-20(5-9-22)25(16-30(38)39)28-14-15-40-36-28/h2-10,12,14-15,25,29H,11,13,16-18H2,1H3,(H,38,39)/t25-,29+/m0/s1. The Morgan fingerprint density at radius 1 is 1.07 bits per heavy atom. The van der Waals surface area contributed by atoms with Gasteiger partial charge in [-0.05, 0) is 78.0 Å². The number of nitrogens with zero attached hydrogens (tertiary/aromatic N) is 2. The van der Waals surface area contributed by atoms with Gasteiger partial charge in [0.15, 0.2) is 0 Å². The second-order valence-electron chi connectivity index (χ2n) is 10.2. The maximum atomic E-state index is 14.0. The van der Waals surface area contributed by atoms with Gasteiger partial charge in [-0.3, -0.25) is 9.69 Å². The number of carboxylic acids is 1. The number of benzene rings is 3. The van der Waals surface area contributed by atoms with E-state index in [1.807, 2.05) is 0 Å². The first kappa shape index (κ1) is 28.4. The predicted molar refractivity (Wildman–Crippen MR) is 142 cm³/mol. The molecule has 4 aromatic rings. The Hall–Kier alpha value is -4.18. The van der Waals surface area contributed by atoms with E-state index in [1.165, 1.54) is 24.5 Å². The van der Waals surface area contributed by atoms with Crippen molar-refractivity contribution in [3.8, 4) is 5.75 Å². The topological polar surface area (TPSA) is 75.8 Å². The normalized spacial score (nSPS) is 15.6. The molecule has 0 unspecified atom stereocenters. The third kappa shape index (κ3) is 6.59. The molecular weight excluding hydrogens is 540 g/mol. The SMILES string of the molecule is CN(Cc1ccc(F)cc1)Cc1c(C(F)(F)F)ccc2c1CC[C@H]2Oc1ccc([C@H](CC(=O)O)c2ccon2)cc1. The highest BCUT2D eigenvalue weighted by Crippen LogP contribution is 2.42. The van der Waals surface area contributed by atoms with Crippen molar-refractivity contribution in [2.45, 2.75) is 50.6 Å². The zero-order chi connectivity index (χ0) is 29.1. The molecule has 41 heavy (non-hydrogen) atoms. The third-order valence-corrected chi connectivity index (χ3v) is 7.32. The summed E-state index contributed by atoms with van der Waals surface area (Å²) in [6, 6.07) is 17.1. The summed E-state index contributed by atoms with van der Waals surface area (Å²) in [6.45, 7) is 0.439. The number of hydrogen-bond donors (Lipinski definition) is 1. The van der Waals surface area contributed by atoms with Gasteiger partial charge < -0.3 is 14.4 Å². The minimum atomic E-state index is -4.51. The Kier molecular flexibility index (Phi) is 8.12. The van der Waals surface area contributed by atoms with Crippen LogP contribution < -0.4 is 4.74 Å². The summed E-state index contributed by atoms with van der Waals surface area (Å²) in [5.41, 5.74) is 2.95. The van der Waals surface area contributed by atoms with Crippen LogP contribution in [0.4, 0.5) is 17.6 Å². The Morgan fingerprint density at radius 3 is 2.44 bits per heavy atom. The van der Waals surface area contributed by atoms with Crippen molar-refractivity contribution in [1.82, 2.24) is 10.1 Å². The van der Waals surface area contributed by atoms with E-state index in [0.29, 0.717) is 36.4 Å². The molecule has 0 fully saturated rings. The number of rotatable bonds is 10. The van der Waals surface area contributed by atoms with Crippen molar-refractivity contribution >= 4 is 5.97 Å². The van der Waals surface area contributed by atoms with Crippen LogP contribution in [0.2, 0.25) is 0 Å². The molecule has 2 atom stereocenters. The molecule has 1 aliphatic carbocycles. The summed E-state index contributed by atoms with van der Waals surface area (Å²) < 4.78 is 66.5. The maximum Gasteiger partial charge on any atom is 0.416 e. The van der Waals surface area contributed by atoms with E-state index in [4.69, 9.17) is 9.26 Å². The van der Waals surface area contributed by atoms with Crippen molar-refractivity contribution in [3.63, 3.8) is 0 Å². The second-order valence-corrected chi connectivity index (χ2v) is 10.2. The molecule has 10 heteroatoms. The zero-order valence-electron chi connectivity index (χ0n) is 22.2. The molecule has 1 heterocycles. The number of alkyl halides is 3. The van der Waals surface area contributed by atoms with E-state index in [-0.39, 0.29) is 24.3 Å². The van der Waals surface area contributed by atoms with Crippen molar-refractivity contribution < 1.29 is 36.7 Å².